The molecule has 1 heterocycles. The molecule has 0 aliphatic carbocycles. The third-order valence-corrected chi connectivity index (χ3v) is 2.70. The molecular formula is C13H17ClN2O3. The Morgan fingerprint density at radius 1 is 1.42 bits per heavy atom. The lowest BCUT2D eigenvalue weighted by Gasteiger charge is -2.21. The molecule has 0 aliphatic heterocycles. The summed E-state index contributed by atoms with van der Waals surface area (Å²) in [6, 6.07) is 3.22. The van der Waals surface area contributed by atoms with Crippen molar-refractivity contribution in [3.05, 3.63) is 29.0 Å². The van der Waals surface area contributed by atoms with Gasteiger partial charge in [0.25, 0.3) is 5.91 Å². The third-order valence-electron chi connectivity index (χ3n) is 2.40. The predicted molar refractivity (Wildman–Crippen MR) is 72.1 cm³/mol. The molecular weight excluding hydrogens is 268 g/mol. The maximum Gasteiger partial charge on any atom is 0.325 e. The van der Waals surface area contributed by atoms with Crippen LogP contribution in [0.3, 0.4) is 0 Å². The monoisotopic (exact) mass is 284 g/mol. The molecule has 1 aromatic rings. The molecule has 1 rings (SSSR count). The molecule has 0 aliphatic rings. The van der Waals surface area contributed by atoms with Gasteiger partial charge in [0.15, 0.2) is 0 Å². The highest BCUT2D eigenvalue weighted by molar-refractivity contribution is 6.32. The second-order valence-electron chi connectivity index (χ2n) is 3.87. The molecule has 0 atom stereocenters. The third kappa shape index (κ3) is 4.52. The van der Waals surface area contributed by atoms with E-state index in [0.717, 1.165) is 6.42 Å². The lowest BCUT2D eigenvalue weighted by Crippen LogP contribution is -2.37. The van der Waals surface area contributed by atoms with Crippen LogP contribution >= 0.6 is 11.6 Å². The topological polar surface area (TPSA) is 59.5 Å². The molecule has 0 spiro atoms. The molecule has 0 fully saturated rings. The quantitative estimate of drug-likeness (QED) is 0.593. The van der Waals surface area contributed by atoms with Gasteiger partial charge >= 0.3 is 5.97 Å². The van der Waals surface area contributed by atoms with Gasteiger partial charge in [-0.1, -0.05) is 18.5 Å². The molecule has 0 saturated heterocycles. The fraction of sp³-hybridized carbons (Fsp3) is 0.462. The van der Waals surface area contributed by atoms with Crippen molar-refractivity contribution in [1.82, 2.24) is 9.88 Å². The largest absolute Gasteiger partial charge is 0.465 e. The second-order valence-corrected chi connectivity index (χ2v) is 4.23. The molecule has 5 nitrogen and oxygen atoms in total. The predicted octanol–water partition coefficient (Wildman–Crippen LogP) is 2.15. The van der Waals surface area contributed by atoms with Crippen molar-refractivity contribution < 1.29 is 14.3 Å². The highest BCUT2D eigenvalue weighted by Gasteiger charge is 2.21. The number of amides is 1. The zero-order valence-corrected chi connectivity index (χ0v) is 11.8. The Balaban J connectivity index is 2.84. The smallest absolute Gasteiger partial charge is 0.325 e. The first-order chi connectivity index (χ1) is 9.10. The lowest BCUT2D eigenvalue weighted by molar-refractivity contribution is -0.143. The molecule has 0 bridgehead atoms. The van der Waals surface area contributed by atoms with Crippen molar-refractivity contribution in [3.63, 3.8) is 0 Å². The molecule has 1 aromatic heterocycles. The van der Waals surface area contributed by atoms with E-state index in [4.69, 9.17) is 16.3 Å². The summed E-state index contributed by atoms with van der Waals surface area (Å²) >= 11 is 5.89. The van der Waals surface area contributed by atoms with Crippen LogP contribution in [0.2, 0.25) is 5.15 Å². The maximum atomic E-state index is 12.3. The minimum absolute atomic E-state index is 0.0776. The normalized spacial score (nSPS) is 10.1. The first-order valence-electron chi connectivity index (χ1n) is 6.15. The summed E-state index contributed by atoms with van der Waals surface area (Å²) in [5, 5.41) is 0.137. The standard InChI is InChI=1S/C13H17ClN2O3/c1-3-8-16(9-11(17)19-4-2)13(18)10-6-5-7-15-12(10)14/h5-7H,3-4,8-9H2,1-2H3. The minimum Gasteiger partial charge on any atom is -0.465 e. The Hall–Kier alpha value is -1.62. The van der Waals surface area contributed by atoms with Crippen molar-refractivity contribution >= 4 is 23.5 Å². The summed E-state index contributed by atoms with van der Waals surface area (Å²) in [5.41, 5.74) is 0.293. The van der Waals surface area contributed by atoms with Gasteiger partial charge in [0.2, 0.25) is 0 Å². The van der Waals surface area contributed by atoms with E-state index >= 15 is 0 Å². The van der Waals surface area contributed by atoms with Gasteiger partial charge in [-0.2, -0.15) is 0 Å². The van der Waals surface area contributed by atoms with Crippen molar-refractivity contribution in [1.29, 1.82) is 0 Å². The van der Waals surface area contributed by atoms with Crippen LogP contribution in [0.15, 0.2) is 18.3 Å². The van der Waals surface area contributed by atoms with Crippen molar-refractivity contribution in [2.75, 3.05) is 19.7 Å². The Labute approximate surface area is 117 Å². The van der Waals surface area contributed by atoms with Crippen LogP contribution in [-0.2, 0) is 9.53 Å². The van der Waals surface area contributed by atoms with E-state index in [1.165, 1.54) is 11.1 Å². The Kier molecular flexibility index (Phi) is 6.29. The lowest BCUT2D eigenvalue weighted by atomic mass is 10.2. The molecule has 0 N–H and O–H groups in total. The number of aromatic nitrogens is 1. The maximum absolute atomic E-state index is 12.3. The molecule has 1 amide bonds. The van der Waals surface area contributed by atoms with Gasteiger partial charge in [-0.15, -0.1) is 0 Å². The minimum atomic E-state index is -0.427. The van der Waals surface area contributed by atoms with Gasteiger partial charge in [0.05, 0.1) is 12.2 Å². The van der Waals surface area contributed by atoms with Gasteiger partial charge in [-0.05, 0) is 25.5 Å². The molecule has 0 radical (unpaired) electrons. The van der Waals surface area contributed by atoms with Crippen LogP contribution in [-0.4, -0.2) is 41.5 Å². The SMILES string of the molecule is CCCN(CC(=O)OCC)C(=O)c1cccnc1Cl. The van der Waals surface area contributed by atoms with Crippen LogP contribution in [0, 0.1) is 0 Å². The van der Waals surface area contributed by atoms with Gasteiger partial charge in [-0.3, -0.25) is 9.59 Å². The number of rotatable bonds is 6. The highest BCUT2D eigenvalue weighted by atomic mass is 35.5. The van der Waals surface area contributed by atoms with Crippen LogP contribution in [0.4, 0.5) is 0 Å². The van der Waals surface area contributed by atoms with Crippen molar-refractivity contribution in [2.45, 2.75) is 20.3 Å². The summed E-state index contributed by atoms with van der Waals surface area (Å²) in [4.78, 5) is 29.1. The molecule has 0 aromatic carbocycles. The number of carbonyl (C=O) groups is 2. The van der Waals surface area contributed by atoms with Crippen LogP contribution in [0.25, 0.3) is 0 Å². The zero-order valence-electron chi connectivity index (χ0n) is 11.1. The average molecular weight is 285 g/mol. The first kappa shape index (κ1) is 15.4. The van der Waals surface area contributed by atoms with E-state index in [0.29, 0.717) is 18.7 Å². The summed E-state index contributed by atoms with van der Waals surface area (Å²) in [5.74, 6) is -0.739. The fourth-order valence-electron chi connectivity index (χ4n) is 1.60. The van der Waals surface area contributed by atoms with Gasteiger partial charge < -0.3 is 9.64 Å². The van der Waals surface area contributed by atoms with E-state index < -0.39 is 5.97 Å². The van der Waals surface area contributed by atoms with Gasteiger partial charge in [0, 0.05) is 12.7 Å². The number of esters is 1. The van der Waals surface area contributed by atoms with E-state index in [1.54, 1.807) is 19.1 Å². The molecule has 0 saturated carbocycles. The zero-order chi connectivity index (χ0) is 14.3. The second kappa shape index (κ2) is 7.74. The Morgan fingerprint density at radius 3 is 2.74 bits per heavy atom. The first-order valence-corrected chi connectivity index (χ1v) is 6.53. The average Bonchev–Trinajstić information content (AvgIpc) is 2.38. The molecule has 104 valence electrons. The number of pyridine rings is 1. The number of ether oxygens (including phenoxy) is 1. The molecule has 0 unspecified atom stereocenters. The summed E-state index contributed by atoms with van der Waals surface area (Å²) in [7, 11) is 0. The summed E-state index contributed by atoms with van der Waals surface area (Å²) < 4.78 is 4.85. The van der Waals surface area contributed by atoms with E-state index in [1.807, 2.05) is 6.92 Å². The Morgan fingerprint density at radius 2 is 2.16 bits per heavy atom. The Bertz CT molecular complexity index is 451. The number of carbonyl (C=O) groups excluding carboxylic acids is 2. The van der Waals surface area contributed by atoms with Crippen LogP contribution in [0.1, 0.15) is 30.6 Å². The summed E-state index contributed by atoms with van der Waals surface area (Å²) in [6.07, 6.45) is 2.25. The van der Waals surface area contributed by atoms with Crippen LogP contribution < -0.4 is 0 Å². The fourth-order valence-corrected chi connectivity index (χ4v) is 1.80. The van der Waals surface area contributed by atoms with E-state index in [9.17, 15) is 9.59 Å². The summed E-state index contributed by atoms with van der Waals surface area (Å²) in [6.45, 7) is 4.33. The molecule has 6 heteroatoms. The van der Waals surface area contributed by atoms with Crippen LogP contribution in [0.5, 0.6) is 0 Å². The van der Waals surface area contributed by atoms with E-state index in [2.05, 4.69) is 4.98 Å². The van der Waals surface area contributed by atoms with E-state index in [-0.39, 0.29) is 17.6 Å². The highest BCUT2D eigenvalue weighted by Crippen LogP contribution is 2.14. The number of hydrogen-bond donors (Lipinski definition) is 0. The van der Waals surface area contributed by atoms with Crippen molar-refractivity contribution in [3.8, 4) is 0 Å². The van der Waals surface area contributed by atoms with Gasteiger partial charge in [-0.25, -0.2) is 4.98 Å². The number of hydrogen-bond acceptors (Lipinski definition) is 4. The number of nitrogens with zero attached hydrogens (tertiary/aromatic N) is 2. The number of halogens is 1. The van der Waals surface area contributed by atoms with Crippen molar-refractivity contribution in [2.24, 2.45) is 0 Å². The molecule has 19 heavy (non-hydrogen) atoms. The van der Waals surface area contributed by atoms with Gasteiger partial charge in [0.1, 0.15) is 11.7 Å².